The van der Waals surface area contributed by atoms with E-state index in [1.165, 1.54) is 5.56 Å². The molecule has 0 aliphatic carbocycles. The lowest BCUT2D eigenvalue weighted by molar-refractivity contribution is 0.100. The average molecular weight is 329 g/mol. The summed E-state index contributed by atoms with van der Waals surface area (Å²) >= 11 is 0. The molecule has 6 heteroatoms. The molecule has 0 fully saturated rings. The summed E-state index contributed by atoms with van der Waals surface area (Å²) in [6.45, 7) is 0. The number of aryl methyl sites for hydroxylation is 1. The van der Waals surface area contributed by atoms with Gasteiger partial charge in [0.1, 0.15) is 6.33 Å². The van der Waals surface area contributed by atoms with Crippen molar-refractivity contribution in [2.24, 2.45) is 5.73 Å². The van der Waals surface area contributed by atoms with Crippen molar-refractivity contribution in [1.82, 2.24) is 8.96 Å². The molecule has 0 unspecified atom stereocenters. The number of nitrogens with two attached hydrogens (primary N) is 1. The van der Waals surface area contributed by atoms with E-state index < -0.39 is 0 Å². The summed E-state index contributed by atoms with van der Waals surface area (Å²) in [6.07, 6.45) is 2.80. The smallest absolute Gasteiger partial charge is 0.248 e. The molecule has 3 aromatic rings. The van der Waals surface area contributed by atoms with E-state index in [2.05, 4.69) is 15.0 Å². The predicted molar refractivity (Wildman–Crippen MR) is 93.8 cm³/mol. The largest absolute Gasteiger partial charge is 0.366 e. The third-order valence-electron chi connectivity index (χ3n) is 3.27. The van der Waals surface area contributed by atoms with E-state index in [4.69, 9.17) is 5.73 Å². The van der Waals surface area contributed by atoms with E-state index in [1.807, 2.05) is 36.7 Å². The van der Waals surface area contributed by atoms with Crippen LogP contribution in [0.25, 0.3) is 11.0 Å². The van der Waals surface area contributed by atoms with E-state index in [9.17, 15) is 4.79 Å². The van der Waals surface area contributed by atoms with Crippen molar-refractivity contribution < 1.29 is 4.79 Å². The molecule has 0 aliphatic rings. The van der Waals surface area contributed by atoms with Gasteiger partial charge in [-0.05, 0) is 36.2 Å². The number of primary amides is 1. The zero-order valence-electron chi connectivity index (χ0n) is 11.8. The lowest BCUT2D eigenvalue weighted by Crippen LogP contribution is -2.10. The van der Waals surface area contributed by atoms with E-state index in [0.29, 0.717) is 5.56 Å². The summed E-state index contributed by atoms with van der Waals surface area (Å²) in [5.74, 6) is 0.594. The molecule has 22 heavy (non-hydrogen) atoms. The highest BCUT2D eigenvalue weighted by molar-refractivity contribution is 8.76. The van der Waals surface area contributed by atoms with Crippen LogP contribution in [-0.4, -0.2) is 20.6 Å². The van der Waals surface area contributed by atoms with Crippen LogP contribution in [0.4, 0.5) is 0 Å². The maximum Gasteiger partial charge on any atom is 0.248 e. The van der Waals surface area contributed by atoms with Crippen molar-refractivity contribution in [3.63, 3.8) is 0 Å². The molecule has 3 rings (SSSR count). The van der Waals surface area contributed by atoms with Crippen LogP contribution in [0, 0.1) is 0 Å². The maximum absolute atomic E-state index is 11.0. The maximum atomic E-state index is 11.0. The Hall–Kier alpha value is -1.92. The minimum Gasteiger partial charge on any atom is -0.366 e. The van der Waals surface area contributed by atoms with Gasteiger partial charge in [0.2, 0.25) is 5.91 Å². The molecule has 4 nitrogen and oxygen atoms in total. The van der Waals surface area contributed by atoms with Crippen molar-refractivity contribution >= 4 is 38.7 Å². The van der Waals surface area contributed by atoms with Crippen LogP contribution in [0.3, 0.4) is 0 Å². The van der Waals surface area contributed by atoms with Gasteiger partial charge in [0, 0.05) is 22.3 Å². The standard InChI is InChI=1S/C16H15N3OS2/c17-16(20)13-7-5-12(6-8-13)9-10-21-22-19-11-18-14-3-1-2-4-15(14)19/h1-8,11H,9-10H2,(H2,17,20). The molecule has 2 aromatic carbocycles. The summed E-state index contributed by atoms with van der Waals surface area (Å²) in [5, 5.41) is 0. The number of rotatable bonds is 6. The number of imidazole rings is 1. The molecule has 0 aliphatic heterocycles. The van der Waals surface area contributed by atoms with Gasteiger partial charge in [-0.3, -0.25) is 8.77 Å². The number of nitrogens with zero attached hydrogens (tertiary/aromatic N) is 2. The number of hydrogen-bond donors (Lipinski definition) is 1. The van der Waals surface area contributed by atoms with Crippen LogP contribution in [-0.2, 0) is 6.42 Å². The van der Waals surface area contributed by atoms with Crippen molar-refractivity contribution in [2.75, 3.05) is 5.75 Å². The Morgan fingerprint density at radius 2 is 1.91 bits per heavy atom. The molecular formula is C16H15N3OS2. The van der Waals surface area contributed by atoms with E-state index in [-0.39, 0.29) is 5.91 Å². The SMILES string of the molecule is NC(=O)c1ccc(CCSSn2cnc3ccccc32)cc1. The fraction of sp³-hybridized carbons (Fsp3) is 0.125. The van der Waals surface area contributed by atoms with Gasteiger partial charge in [-0.15, -0.1) is 0 Å². The first-order valence-electron chi connectivity index (χ1n) is 6.85. The minimum absolute atomic E-state index is 0.386. The number of benzene rings is 2. The van der Waals surface area contributed by atoms with Gasteiger partial charge >= 0.3 is 0 Å². The molecule has 0 saturated heterocycles. The molecule has 2 N–H and O–H groups in total. The van der Waals surface area contributed by atoms with E-state index >= 15 is 0 Å². The Bertz CT molecular complexity index is 783. The normalized spacial score (nSPS) is 10.9. The molecular weight excluding hydrogens is 314 g/mol. The number of carbonyl (C=O) groups excluding carboxylic acids is 1. The second-order valence-electron chi connectivity index (χ2n) is 4.77. The monoisotopic (exact) mass is 329 g/mol. The second kappa shape index (κ2) is 6.89. The zero-order chi connectivity index (χ0) is 15.4. The Morgan fingerprint density at radius 1 is 1.14 bits per heavy atom. The Morgan fingerprint density at radius 3 is 2.68 bits per heavy atom. The van der Waals surface area contributed by atoms with E-state index in [1.54, 1.807) is 33.9 Å². The molecule has 0 saturated carbocycles. The van der Waals surface area contributed by atoms with Crippen molar-refractivity contribution in [3.05, 3.63) is 66.0 Å². The van der Waals surface area contributed by atoms with Crippen molar-refractivity contribution in [2.45, 2.75) is 6.42 Å². The highest BCUT2D eigenvalue weighted by Crippen LogP contribution is 2.28. The summed E-state index contributed by atoms with van der Waals surface area (Å²) in [4.78, 5) is 15.4. The second-order valence-corrected chi connectivity index (χ2v) is 7.11. The number of amides is 1. The van der Waals surface area contributed by atoms with Crippen molar-refractivity contribution in [1.29, 1.82) is 0 Å². The Labute approximate surface area is 136 Å². The molecule has 1 aromatic heterocycles. The lowest BCUT2D eigenvalue weighted by Gasteiger charge is -2.04. The summed E-state index contributed by atoms with van der Waals surface area (Å²) in [5.41, 5.74) is 9.13. The summed E-state index contributed by atoms with van der Waals surface area (Å²) < 4.78 is 2.08. The van der Waals surface area contributed by atoms with Gasteiger partial charge in [0.15, 0.2) is 0 Å². The van der Waals surface area contributed by atoms with Gasteiger partial charge in [-0.2, -0.15) is 0 Å². The number of hydrogen-bond acceptors (Lipinski definition) is 4. The molecule has 0 atom stereocenters. The first-order valence-corrected chi connectivity index (χ1v) is 9.12. The predicted octanol–water partition coefficient (Wildman–Crippen LogP) is 3.52. The third kappa shape index (κ3) is 3.45. The molecule has 1 amide bonds. The molecule has 0 bridgehead atoms. The minimum atomic E-state index is -0.386. The van der Waals surface area contributed by atoms with Crippen LogP contribution in [0.5, 0.6) is 0 Å². The highest BCUT2D eigenvalue weighted by Gasteiger charge is 2.03. The van der Waals surface area contributed by atoms with Crippen LogP contribution < -0.4 is 5.73 Å². The Balaban J connectivity index is 1.52. The van der Waals surface area contributed by atoms with E-state index in [0.717, 1.165) is 23.2 Å². The Kier molecular flexibility index (Phi) is 4.70. The number of aromatic nitrogens is 2. The fourth-order valence-electron chi connectivity index (χ4n) is 2.09. The van der Waals surface area contributed by atoms with Crippen molar-refractivity contribution in [3.8, 4) is 0 Å². The third-order valence-corrected chi connectivity index (χ3v) is 5.49. The molecule has 112 valence electrons. The van der Waals surface area contributed by atoms with Gasteiger partial charge in [0.05, 0.1) is 11.0 Å². The zero-order valence-corrected chi connectivity index (χ0v) is 13.4. The van der Waals surface area contributed by atoms with Crippen LogP contribution in [0.2, 0.25) is 0 Å². The van der Waals surface area contributed by atoms with Gasteiger partial charge < -0.3 is 5.73 Å². The molecule has 0 radical (unpaired) electrons. The fourth-order valence-corrected chi connectivity index (χ4v) is 4.08. The molecule has 0 spiro atoms. The quantitative estimate of drug-likeness (QED) is 0.555. The number of carbonyl (C=O) groups is 1. The van der Waals surface area contributed by atoms with Gasteiger partial charge in [-0.25, -0.2) is 4.98 Å². The summed E-state index contributed by atoms with van der Waals surface area (Å²) in [7, 11) is 3.46. The number of para-hydroxylation sites is 2. The van der Waals surface area contributed by atoms with Gasteiger partial charge in [0.25, 0.3) is 0 Å². The van der Waals surface area contributed by atoms with Crippen LogP contribution in [0.15, 0.2) is 54.9 Å². The highest BCUT2D eigenvalue weighted by atomic mass is 33.1. The number of fused-ring (bicyclic) bond motifs is 1. The average Bonchev–Trinajstić information content (AvgIpc) is 2.95. The summed E-state index contributed by atoms with van der Waals surface area (Å²) in [6, 6.07) is 15.6. The molecule has 1 heterocycles. The van der Waals surface area contributed by atoms with Gasteiger partial charge in [-0.1, -0.05) is 35.1 Å². The topological polar surface area (TPSA) is 60.9 Å². The first-order chi connectivity index (χ1) is 10.7. The van der Waals surface area contributed by atoms with Crippen LogP contribution >= 0.6 is 21.8 Å². The first kappa shape index (κ1) is 15.0. The van der Waals surface area contributed by atoms with Crippen LogP contribution in [0.1, 0.15) is 15.9 Å². The lowest BCUT2D eigenvalue weighted by atomic mass is 10.1.